The van der Waals surface area contributed by atoms with E-state index in [-0.39, 0.29) is 11.6 Å². The standard InChI is InChI=1S/C15H18N2O2/c1-11-6-7-17(15(18)8-11)10-14(16)12-4-3-5-13(9-12)19-2/h3-9,14H,10,16H2,1-2H3. The number of benzene rings is 1. The Kier molecular flexibility index (Phi) is 4.02. The van der Waals surface area contributed by atoms with Crippen molar-refractivity contribution in [3.8, 4) is 5.75 Å². The number of ether oxygens (including phenoxy) is 1. The molecule has 100 valence electrons. The molecule has 1 aromatic carbocycles. The Hall–Kier alpha value is -2.07. The smallest absolute Gasteiger partial charge is 0.250 e. The third kappa shape index (κ3) is 3.23. The monoisotopic (exact) mass is 258 g/mol. The molecule has 0 aliphatic heterocycles. The fraction of sp³-hybridized carbons (Fsp3) is 0.267. The molecule has 0 aliphatic rings. The fourth-order valence-electron chi connectivity index (χ4n) is 1.95. The van der Waals surface area contributed by atoms with Crippen LogP contribution in [0.2, 0.25) is 0 Å². The molecule has 4 heteroatoms. The second-order valence-corrected chi connectivity index (χ2v) is 4.58. The van der Waals surface area contributed by atoms with E-state index in [1.807, 2.05) is 37.3 Å². The van der Waals surface area contributed by atoms with E-state index < -0.39 is 0 Å². The van der Waals surface area contributed by atoms with Gasteiger partial charge in [-0.1, -0.05) is 12.1 Å². The number of aromatic nitrogens is 1. The van der Waals surface area contributed by atoms with Crippen molar-refractivity contribution in [1.29, 1.82) is 0 Å². The van der Waals surface area contributed by atoms with Crippen molar-refractivity contribution in [3.63, 3.8) is 0 Å². The van der Waals surface area contributed by atoms with E-state index in [0.29, 0.717) is 6.54 Å². The molecule has 0 amide bonds. The van der Waals surface area contributed by atoms with Crippen molar-refractivity contribution in [2.24, 2.45) is 5.73 Å². The van der Waals surface area contributed by atoms with Crippen molar-refractivity contribution in [2.45, 2.75) is 19.5 Å². The summed E-state index contributed by atoms with van der Waals surface area (Å²) >= 11 is 0. The molecule has 2 N–H and O–H groups in total. The molecule has 1 aromatic heterocycles. The largest absolute Gasteiger partial charge is 0.497 e. The third-order valence-corrected chi connectivity index (χ3v) is 3.07. The van der Waals surface area contributed by atoms with E-state index >= 15 is 0 Å². The van der Waals surface area contributed by atoms with Gasteiger partial charge >= 0.3 is 0 Å². The predicted molar refractivity (Wildman–Crippen MR) is 75.4 cm³/mol. The first-order chi connectivity index (χ1) is 9.10. The van der Waals surface area contributed by atoms with Gasteiger partial charge in [0.15, 0.2) is 0 Å². The summed E-state index contributed by atoms with van der Waals surface area (Å²) in [5.41, 5.74) is 8.02. The first-order valence-electron chi connectivity index (χ1n) is 6.17. The minimum atomic E-state index is -0.240. The lowest BCUT2D eigenvalue weighted by atomic mass is 10.1. The topological polar surface area (TPSA) is 57.2 Å². The summed E-state index contributed by atoms with van der Waals surface area (Å²) in [5.74, 6) is 0.768. The predicted octanol–water partition coefficient (Wildman–Crippen LogP) is 1.87. The molecule has 0 saturated heterocycles. The zero-order chi connectivity index (χ0) is 13.8. The molecule has 1 atom stereocenters. The maximum absolute atomic E-state index is 11.8. The van der Waals surface area contributed by atoms with Crippen molar-refractivity contribution in [3.05, 3.63) is 64.1 Å². The van der Waals surface area contributed by atoms with Crippen LogP contribution in [0.3, 0.4) is 0 Å². The molecule has 2 aromatic rings. The summed E-state index contributed by atoms with van der Waals surface area (Å²) in [4.78, 5) is 11.8. The Morgan fingerprint density at radius 2 is 2.11 bits per heavy atom. The zero-order valence-corrected chi connectivity index (χ0v) is 11.2. The van der Waals surface area contributed by atoms with Crippen LogP contribution < -0.4 is 16.0 Å². The number of pyridine rings is 1. The average Bonchev–Trinajstić information content (AvgIpc) is 2.42. The van der Waals surface area contributed by atoms with E-state index in [9.17, 15) is 4.79 Å². The van der Waals surface area contributed by atoms with Crippen molar-refractivity contribution < 1.29 is 4.74 Å². The van der Waals surface area contributed by atoms with Gasteiger partial charge in [-0.05, 0) is 36.2 Å². The molecule has 1 unspecified atom stereocenters. The summed E-state index contributed by atoms with van der Waals surface area (Å²) in [6.07, 6.45) is 1.78. The Labute approximate surface area is 112 Å². The molecule has 4 nitrogen and oxygen atoms in total. The van der Waals surface area contributed by atoms with Crippen LogP contribution in [0.15, 0.2) is 47.4 Å². The highest BCUT2D eigenvalue weighted by Crippen LogP contribution is 2.18. The lowest BCUT2D eigenvalue weighted by Gasteiger charge is -2.15. The molecule has 0 spiro atoms. The second kappa shape index (κ2) is 5.71. The van der Waals surface area contributed by atoms with Gasteiger partial charge in [-0.3, -0.25) is 4.79 Å². The molecule has 0 saturated carbocycles. The van der Waals surface area contributed by atoms with E-state index in [2.05, 4.69) is 0 Å². The highest BCUT2D eigenvalue weighted by Gasteiger charge is 2.08. The first-order valence-corrected chi connectivity index (χ1v) is 6.17. The van der Waals surface area contributed by atoms with Crippen LogP contribution in [0.5, 0.6) is 5.75 Å². The van der Waals surface area contributed by atoms with Gasteiger partial charge in [0.25, 0.3) is 5.56 Å². The Morgan fingerprint density at radius 3 is 2.79 bits per heavy atom. The van der Waals surface area contributed by atoms with Crippen molar-refractivity contribution >= 4 is 0 Å². The normalized spacial score (nSPS) is 12.2. The zero-order valence-electron chi connectivity index (χ0n) is 11.2. The quantitative estimate of drug-likeness (QED) is 0.910. The SMILES string of the molecule is COc1cccc(C(N)Cn2ccc(C)cc2=O)c1. The van der Waals surface area contributed by atoms with Crippen LogP contribution in [0, 0.1) is 6.92 Å². The Balaban J connectivity index is 2.20. The molecule has 0 radical (unpaired) electrons. The molecule has 19 heavy (non-hydrogen) atoms. The van der Waals surface area contributed by atoms with Crippen LogP contribution in [-0.4, -0.2) is 11.7 Å². The number of aryl methyl sites for hydroxylation is 1. The lowest BCUT2D eigenvalue weighted by molar-refractivity contribution is 0.413. The molecule has 0 fully saturated rings. The molecule has 0 aliphatic carbocycles. The van der Waals surface area contributed by atoms with Crippen LogP contribution in [0.25, 0.3) is 0 Å². The second-order valence-electron chi connectivity index (χ2n) is 4.58. The van der Waals surface area contributed by atoms with E-state index in [0.717, 1.165) is 16.9 Å². The minimum absolute atomic E-state index is 0.0293. The van der Waals surface area contributed by atoms with E-state index in [1.165, 1.54) is 0 Å². The van der Waals surface area contributed by atoms with E-state index in [4.69, 9.17) is 10.5 Å². The van der Waals surface area contributed by atoms with Gasteiger partial charge in [0.2, 0.25) is 0 Å². The van der Waals surface area contributed by atoms with Crippen LogP contribution in [0.4, 0.5) is 0 Å². The summed E-state index contributed by atoms with van der Waals surface area (Å²) in [6, 6.07) is 10.9. The highest BCUT2D eigenvalue weighted by atomic mass is 16.5. The van der Waals surface area contributed by atoms with Crippen molar-refractivity contribution in [2.75, 3.05) is 7.11 Å². The molecular weight excluding hydrogens is 240 g/mol. The number of rotatable bonds is 4. The van der Waals surface area contributed by atoms with E-state index in [1.54, 1.807) is 23.9 Å². The Morgan fingerprint density at radius 1 is 1.32 bits per heavy atom. The van der Waals surface area contributed by atoms with Gasteiger partial charge in [0, 0.05) is 24.8 Å². The number of nitrogens with two attached hydrogens (primary N) is 1. The van der Waals surface area contributed by atoms with Gasteiger partial charge in [0.05, 0.1) is 7.11 Å². The van der Waals surface area contributed by atoms with Gasteiger partial charge in [-0.15, -0.1) is 0 Å². The minimum Gasteiger partial charge on any atom is -0.497 e. The van der Waals surface area contributed by atoms with Gasteiger partial charge in [-0.25, -0.2) is 0 Å². The maximum atomic E-state index is 11.8. The van der Waals surface area contributed by atoms with Gasteiger partial charge in [-0.2, -0.15) is 0 Å². The maximum Gasteiger partial charge on any atom is 0.250 e. The van der Waals surface area contributed by atoms with Crippen LogP contribution in [-0.2, 0) is 6.54 Å². The fourth-order valence-corrected chi connectivity index (χ4v) is 1.95. The highest BCUT2D eigenvalue weighted by molar-refractivity contribution is 5.30. The average molecular weight is 258 g/mol. The summed E-state index contributed by atoms with van der Waals surface area (Å²) in [6.45, 7) is 2.35. The number of hydrogen-bond acceptors (Lipinski definition) is 3. The summed E-state index contributed by atoms with van der Waals surface area (Å²) in [7, 11) is 1.62. The van der Waals surface area contributed by atoms with Crippen molar-refractivity contribution in [1.82, 2.24) is 4.57 Å². The van der Waals surface area contributed by atoms with Crippen LogP contribution >= 0.6 is 0 Å². The Bertz CT molecular complexity index is 620. The van der Waals surface area contributed by atoms with Gasteiger partial charge in [0.1, 0.15) is 5.75 Å². The molecule has 2 rings (SSSR count). The molecule has 0 bridgehead atoms. The third-order valence-electron chi connectivity index (χ3n) is 3.07. The number of methoxy groups -OCH3 is 1. The summed E-state index contributed by atoms with van der Waals surface area (Å²) < 4.78 is 6.79. The molecule has 1 heterocycles. The van der Waals surface area contributed by atoms with Gasteiger partial charge < -0.3 is 15.0 Å². The lowest BCUT2D eigenvalue weighted by Crippen LogP contribution is -2.26. The number of hydrogen-bond donors (Lipinski definition) is 1. The first kappa shape index (κ1) is 13.4. The number of nitrogens with zero attached hydrogens (tertiary/aromatic N) is 1. The summed E-state index contributed by atoms with van der Waals surface area (Å²) in [5, 5.41) is 0. The van der Waals surface area contributed by atoms with Crippen LogP contribution in [0.1, 0.15) is 17.2 Å². The molecular formula is C15H18N2O2.